The van der Waals surface area contributed by atoms with Gasteiger partial charge in [0, 0.05) is 10.2 Å². The highest BCUT2D eigenvalue weighted by Crippen LogP contribution is 2.25. The van der Waals surface area contributed by atoms with Gasteiger partial charge in [-0.15, -0.1) is 0 Å². The molecule has 0 amide bonds. The minimum atomic E-state index is -3.82. The summed E-state index contributed by atoms with van der Waals surface area (Å²) in [7, 11) is -3.82. The molecule has 0 bridgehead atoms. The summed E-state index contributed by atoms with van der Waals surface area (Å²) in [5, 5.41) is 0. The minimum Gasteiger partial charge on any atom is -0.398 e. The molecule has 0 heterocycles. The first-order valence-corrected chi connectivity index (χ1v) is 8.39. The number of hydrogen-bond donors (Lipinski definition) is 2. The van der Waals surface area contributed by atoms with Crippen molar-refractivity contribution in [2.75, 3.05) is 10.5 Å². The molecular weight excluding hydrogens is 415 g/mol. The van der Waals surface area contributed by atoms with Crippen LogP contribution in [0.4, 0.5) is 15.8 Å². The second-order valence-electron chi connectivity index (χ2n) is 3.92. The largest absolute Gasteiger partial charge is 0.398 e. The summed E-state index contributed by atoms with van der Waals surface area (Å²) in [6, 6.07) is 8.21. The molecule has 0 aliphatic heterocycles. The first-order chi connectivity index (χ1) is 9.29. The molecule has 0 saturated heterocycles. The zero-order chi connectivity index (χ0) is 14.9. The van der Waals surface area contributed by atoms with Gasteiger partial charge in [0.05, 0.1) is 15.1 Å². The summed E-state index contributed by atoms with van der Waals surface area (Å²) in [5.74, 6) is -0.555. The fraction of sp³-hybridized carbons (Fsp3) is 0. The van der Waals surface area contributed by atoms with Gasteiger partial charge in [-0.05, 0) is 68.3 Å². The Morgan fingerprint density at radius 3 is 2.30 bits per heavy atom. The third kappa shape index (κ3) is 3.31. The van der Waals surface area contributed by atoms with E-state index in [-0.39, 0.29) is 15.1 Å². The van der Waals surface area contributed by atoms with E-state index < -0.39 is 15.8 Å². The first-order valence-electron chi connectivity index (χ1n) is 5.32. The standard InChI is InChI=1S/C12H9Br2FN2O2S/c13-9-3-1-7(5-11(9)15)17-20(18,19)8-2-4-10(14)12(16)6-8/h1-6,17H,16H2. The SMILES string of the molecule is Nc1cc(S(=O)(=O)Nc2ccc(Br)c(F)c2)ccc1Br. The quantitative estimate of drug-likeness (QED) is 0.738. The summed E-state index contributed by atoms with van der Waals surface area (Å²) >= 11 is 6.18. The molecule has 0 unspecified atom stereocenters. The van der Waals surface area contributed by atoms with Crippen molar-refractivity contribution < 1.29 is 12.8 Å². The van der Waals surface area contributed by atoms with E-state index in [4.69, 9.17) is 5.73 Å². The lowest BCUT2D eigenvalue weighted by molar-refractivity contribution is 0.601. The van der Waals surface area contributed by atoms with Crippen molar-refractivity contribution in [3.63, 3.8) is 0 Å². The van der Waals surface area contributed by atoms with E-state index in [9.17, 15) is 12.8 Å². The Morgan fingerprint density at radius 1 is 1.05 bits per heavy atom. The van der Waals surface area contributed by atoms with Crippen LogP contribution in [0.5, 0.6) is 0 Å². The van der Waals surface area contributed by atoms with Crippen LogP contribution in [0.1, 0.15) is 0 Å². The molecule has 2 aromatic carbocycles. The lowest BCUT2D eigenvalue weighted by atomic mass is 10.3. The Labute approximate surface area is 132 Å². The van der Waals surface area contributed by atoms with Crippen LogP contribution in [0.2, 0.25) is 0 Å². The van der Waals surface area contributed by atoms with Crippen LogP contribution in [0.15, 0.2) is 50.2 Å². The molecule has 3 N–H and O–H groups in total. The Hall–Kier alpha value is -1.12. The van der Waals surface area contributed by atoms with Gasteiger partial charge < -0.3 is 5.73 Å². The zero-order valence-electron chi connectivity index (χ0n) is 9.90. The summed E-state index contributed by atoms with van der Waals surface area (Å²) in [6.45, 7) is 0. The van der Waals surface area contributed by atoms with Gasteiger partial charge in [-0.3, -0.25) is 4.72 Å². The molecule has 0 radical (unpaired) electrons. The number of sulfonamides is 1. The van der Waals surface area contributed by atoms with Crippen LogP contribution >= 0.6 is 31.9 Å². The second kappa shape index (κ2) is 5.71. The van der Waals surface area contributed by atoms with Gasteiger partial charge in [0.25, 0.3) is 10.0 Å². The maximum atomic E-state index is 13.4. The predicted molar refractivity (Wildman–Crippen MR) is 83.5 cm³/mol. The Balaban J connectivity index is 2.35. The van der Waals surface area contributed by atoms with Crippen molar-refractivity contribution in [3.8, 4) is 0 Å². The molecule has 2 aromatic rings. The van der Waals surface area contributed by atoms with Gasteiger partial charge in [0.15, 0.2) is 0 Å². The number of anilines is 2. The number of hydrogen-bond acceptors (Lipinski definition) is 3. The average Bonchev–Trinajstić information content (AvgIpc) is 2.37. The van der Waals surface area contributed by atoms with Crippen molar-refractivity contribution in [2.24, 2.45) is 0 Å². The van der Waals surface area contributed by atoms with E-state index in [1.807, 2.05) is 0 Å². The zero-order valence-corrected chi connectivity index (χ0v) is 13.9. The van der Waals surface area contributed by atoms with Crippen LogP contribution < -0.4 is 10.5 Å². The summed E-state index contributed by atoms with van der Waals surface area (Å²) in [4.78, 5) is 0.00141. The van der Waals surface area contributed by atoms with Crippen LogP contribution in [-0.2, 0) is 10.0 Å². The highest BCUT2D eigenvalue weighted by molar-refractivity contribution is 9.10. The lowest BCUT2D eigenvalue weighted by Gasteiger charge is -2.09. The summed E-state index contributed by atoms with van der Waals surface area (Å²) < 4.78 is 40.8. The minimum absolute atomic E-state index is 0.00141. The lowest BCUT2D eigenvalue weighted by Crippen LogP contribution is -2.13. The van der Waals surface area contributed by atoms with Gasteiger partial charge >= 0.3 is 0 Å². The molecule has 106 valence electrons. The fourth-order valence-corrected chi connectivity index (χ4v) is 3.04. The molecule has 8 heteroatoms. The van der Waals surface area contributed by atoms with Crippen molar-refractivity contribution in [1.82, 2.24) is 0 Å². The van der Waals surface area contributed by atoms with E-state index in [0.29, 0.717) is 10.2 Å². The van der Waals surface area contributed by atoms with Crippen molar-refractivity contribution in [1.29, 1.82) is 0 Å². The predicted octanol–water partition coefficient (Wildman–Crippen LogP) is 3.73. The molecule has 4 nitrogen and oxygen atoms in total. The average molecular weight is 424 g/mol. The van der Waals surface area contributed by atoms with Gasteiger partial charge in [-0.1, -0.05) is 0 Å². The molecule has 2 rings (SSSR count). The normalized spacial score (nSPS) is 11.3. The number of nitrogens with two attached hydrogens (primary N) is 1. The van der Waals surface area contributed by atoms with Gasteiger partial charge in [0.1, 0.15) is 5.82 Å². The first kappa shape index (κ1) is 15.3. The molecule has 20 heavy (non-hydrogen) atoms. The Kier molecular flexibility index (Phi) is 4.36. The van der Waals surface area contributed by atoms with E-state index in [0.717, 1.165) is 6.07 Å². The Morgan fingerprint density at radius 2 is 1.70 bits per heavy atom. The number of rotatable bonds is 3. The molecule has 0 saturated carbocycles. The third-order valence-electron chi connectivity index (χ3n) is 2.45. The van der Waals surface area contributed by atoms with Gasteiger partial charge in [-0.25, -0.2) is 12.8 Å². The van der Waals surface area contributed by atoms with Crippen molar-refractivity contribution >= 4 is 53.3 Å². The highest BCUT2D eigenvalue weighted by atomic mass is 79.9. The van der Waals surface area contributed by atoms with Gasteiger partial charge in [0.2, 0.25) is 0 Å². The Bertz CT molecular complexity index is 766. The molecule has 0 aliphatic carbocycles. The van der Waals surface area contributed by atoms with E-state index in [1.165, 1.54) is 30.3 Å². The van der Waals surface area contributed by atoms with E-state index in [2.05, 4.69) is 36.6 Å². The van der Waals surface area contributed by atoms with Crippen LogP contribution in [0.25, 0.3) is 0 Å². The summed E-state index contributed by atoms with van der Waals surface area (Å²) in [6.07, 6.45) is 0. The monoisotopic (exact) mass is 422 g/mol. The number of nitrogens with one attached hydrogen (secondary N) is 1. The second-order valence-corrected chi connectivity index (χ2v) is 7.31. The molecule has 0 aromatic heterocycles. The maximum Gasteiger partial charge on any atom is 0.261 e. The van der Waals surface area contributed by atoms with Crippen molar-refractivity contribution in [3.05, 3.63) is 51.2 Å². The fourth-order valence-electron chi connectivity index (χ4n) is 1.46. The molecule has 0 fully saturated rings. The number of halogens is 3. The topological polar surface area (TPSA) is 72.2 Å². The van der Waals surface area contributed by atoms with Crippen LogP contribution in [-0.4, -0.2) is 8.42 Å². The highest BCUT2D eigenvalue weighted by Gasteiger charge is 2.16. The number of nitrogen functional groups attached to an aromatic ring is 1. The van der Waals surface area contributed by atoms with Crippen molar-refractivity contribution in [2.45, 2.75) is 4.90 Å². The molecule has 0 aliphatic rings. The van der Waals surface area contributed by atoms with E-state index in [1.54, 1.807) is 0 Å². The third-order valence-corrected chi connectivity index (χ3v) is 5.19. The molecule has 0 spiro atoms. The van der Waals surface area contributed by atoms with E-state index >= 15 is 0 Å². The van der Waals surface area contributed by atoms with Crippen LogP contribution in [0.3, 0.4) is 0 Å². The maximum absolute atomic E-state index is 13.4. The van der Waals surface area contributed by atoms with Gasteiger partial charge in [-0.2, -0.15) is 0 Å². The molecular formula is C12H9Br2FN2O2S. The summed E-state index contributed by atoms with van der Waals surface area (Å²) in [5.41, 5.74) is 6.08. The van der Waals surface area contributed by atoms with Crippen LogP contribution in [0, 0.1) is 5.82 Å². The smallest absolute Gasteiger partial charge is 0.261 e. The number of benzene rings is 2. The molecule has 0 atom stereocenters.